The number of primary sulfonamides is 1. The lowest BCUT2D eigenvalue weighted by molar-refractivity contribution is 0.598. The Balaban J connectivity index is 2.52. The molecule has 0 atom stereocenters. The van der Waals surface area contributed by atoms with Gasteiger partial charge >= 0.3 is 0 Å². The van der Waals surface area contributed by atoms with E-state index in [4.69, 9.17) is 10.9 Å². The molecule has 0 aliphatic carbocycles. The summed E-state index contributed by atoms with van der Waals surface area (Å²) in [5, 5.41) is 5.48. The Morgan fingerprint density at radius 3 is 2.62 bits per heavy atom. The van der Waals surface area contributed by atoms with Crippen LogP contribution in [0.25, 0.3) is 10.4 Å². The molecule has 0 bridgehead atoms. The average Bonchev–Trinajstić information content (AvgIpc) is 2.64. The predicted octanol–water partition coefficient (Wildman–Crippen LogP) is 1.04. The van der Waals surface area contributed by atoms with Crippen LogP contribution >= 0.6 is 11.3 Å². The third-order valence-electron chi connectivity index (χ3n) is 1.97. The first-order valence-corrected chi connectivity index (χ1v) is 6.67. The van der Waals surface area contributed by atoms with E-state index >= 15 is 0 Å². The van der Waals surface area contributed by atoms with E-state index in [9.17, 15) is 8.42 Å². The Hall–Kier alpha value is -1.44. The van der Waals surface area contributed by atoms with Crippen LogP contribution in [-0.4, -0.2) is 13.4 Å². The molecule has 0 spiro atoms. The number of rotatable bonds is 2. The van der Waals surface area contributed by atoms with Crippen molar-refractivity contribution in [3.8, 4) is 10.4 Å². The fourth-order valence-electron chi connectivity index (χ4n) is 1.25. The van der Waals surface area contributed by atoms with Crippen molar-refractivity contribution in [2.24, 2.45) is 5.14 Å². The summed E-state index contributed by atoms with van der Waals surface area (Å²) in [5.41, 5.74) is 6.24. The molecule has 0 aliphatic heterocycles. The van der Waals surface area contributed by atoms with E-state index in [1.807, 2.05) is 0 Å². The zero-order valence-electron chi connectivity index (χ0n) is 8.12. The summed E-state index contributed by atoms with van der Waals surface area (Å²) in [6.45, 7) is 0. The maximum atomic E-state index is 11.2. The maximum absolute atomic E-state index is 11.2. The van der Waals surface area contributed by atoms with Crippen molar-refractivity contribution >= 4 is 26.5 Å². The Labute approximate surface area is 96.8 Å². The molecular weight excluding hydrogens is 246 g/mol. The predicted molar refractivity (Wildman–Crippen MR) is 63.3 cm³/mol. The number of thiazole rings is 1. The molecule has 4 N–H and O–H groups in total. The number of benzene rings is 1. The molecule has 5 nitrogen and oxygen atoms in total. The van der Waals surface area contributed by atoms with Gasteiger partial charge in [-0.25, -0.2) is 18.5 Å². The van der Waals surface area contributed by atoms with Gasteiger partial charge in [0.1, 0.15) is 0 Å². The summed E-state index contributed by atoms with van der Waals surface area (Å²) >= 11 is 1.29. The molecule has 0 aliphatic rings. The molecule has 2 rings (SSSR count). The number of hydrogen-bond donors (Lipinski definition) is 2. The van der Waals surface area contributed by atoms with Crippen molar-refractivity contribution in [2.75, 3.05) is 5.73 Å². The van der Waals surface area contributed by atoms with Gasteiger partial charge in [0.2, 0.25) is 10.0 Å². The average molecular weight is 255 g/mol. The van der Waals surface area contributed by atoms with Crippen molar-refractivity contribution in [3.05, 3.63) is 30.5 Å². The number of sulfonamides is 1. The zero-order chi connectivity index (χ0) is 11.8. The smallest absolute Gasteiger partial charge is 0.238 e. The van der Waals surface area contributed by atoms with Crippen molar-refractivity contribution < 1.29 is 8.42 Å². The van der Waals surface area contributed by atoms with E-state index in [0.717, 1.165) is 10.4 Å². The van der Waals surface area contributed by atoms with Gasteiger partial charge in [-0.1, -0.05) is 23.5 Å². The van der Waals surface area contributed by atoms with Crippen LogP contribution in [0, 0.1) is 0 Å². The Morgan fingerprint density at radius 1 is 1.31 bits per heavy atom. The first kappa shape index (κ1) is 11.1. The highest BCUT2D eigenvalue weighted by Crippen LogP contribution is 2.28. The second-order valence-corrected chi connectivity index (χ2v) is 5.76. The second kappa shape index (κ2) is 3.85. The largest absolute Gasteiger partial charge is 0.375 e. The minimum atomic E-state index is -3.67. The highest BCUT2D eigenvalue weighted by Gasteiger charge is 2.09. The van der Waals surface area contributed by atoms with Crippen LogP contribution in [0.5, 0.6) is 0 Å². The zero-order valence-corrected chi connectivity index (χ0v) is 9.75. The summed E-state index contributed by atoms with van der Waals surface area (Å²) in [5.74, 6) is 0. The Bertz CT molecular complexity index is 619. The number of aromatic nitrogens is 1. The summed E-state index contributed by atoms with van der Waals surface area (Å²) in [6, 6.07) is 6.36. The molecule has 16 heavy (non-hydrogen) atoms. The van der Waals surface area contributed by atoms with Gasteiger partial charge in [-0.3, -0.25) is 0 Å². The van der Waals surface area contributed by atoms with Gasteiger partial charge in [0.15, 0.2) is 5.13 Å². The molecule has 2 aromatic rings. The van der Waals surface area contributed by atoms with Crippen LogP contribution in [0.15, 0.2) is 35.4 Å². The van der Waals surface area contributed by atoms with Gasteiger partial charge < -0.3 is 5.73 Å². The molecule has 1 aromatic carbocycles. The van der Waals surface area contributed by atoms with Gasteiger partial charge in [-0.15, -0.1) is 0 Å². The van der Waals surface area contributed by atoms with E-state index < -0.39 is 10.0 Å². The number of nitrogen functional groups attached to an aromatic ring is 1. The van der Waals surface area contributed by atoms with Crippen LogP contribution in [0.1, 0.15) is 0 Å². The van der Waals surface area contributed by atoms with Crippen LogP contribution < -0.4 is 10.9 Å². The molecule has 84 valence electrons. The number of nitrogens with zero attached hydrogens (tertiary/aromatic N) is 1. The van der Waals surface area contributed by atoms with E-state index in [0.29, 0.717) is 5.13 Å². The highest BCUT2D eigenvalue weighted by molar-refractivity contribution is 7.89. The molecule has 0 amide bonds. The normalized spacial score (nSPS) is 11.6. The Kier molecular flexibility index (Phi) is 2.66. The van der Waals surface area contributed by atoms with E-state index in [1.165, 1.54) is 23.5 Å². The summed E-state index contributed by atoms with van der Waals surface area (Å²) < 4.78 is 22.3. The minimum Gasteiger partial charge on any atom is -0.375 e. The Morgan fingerprint density at radius 2 is 2.06 bits per heavy atom. The molecule has 0 saturated heterocycles. The van der Waals surface area contributed by atoms with Crippen LogP contribution in [-0.2, 0) is 10.0 Å². The second-order valence-electron chi connectivity index (χ2n) is 3.14. The lowest BCUT2D eigenvalue weighted by Crippen LogP contribution is -2.11. The molecular formula is C9H9N3O2S2. The molecule has 1 aromatic heterocycles. The lowest BCUT2D eigenvalue weighted by atomic mass is 10.2. The van der Waals surface area contributed by atoms with Crippen LogP contribution in [0.4, 0.5) is 5.13 Å². The van der Waals surface area contributed by atoms with Gasteiger partial charge in [0.25, 0.3) is 0 Å². The first-order chi connectivity index (χ1) is 7.47. The topological polar surface area (TPSA) is 99.1 Å². The summed E-state index contributed by atoms with van der Waals surface area (Å²) in [6.07, 6.45) is 1.60. The molecule has 0 radical (unpaired) electrons. The minimum absolute atomic E-state index is 0.0805. The van der Waals surface area contributed by atoms with Gasteiger partial charge in [-0.2, -0.15) is 0 Å². The molecule has 7 heteroatoms. The molecule has 0 unspecified atom stereocenters. The van der Waals surface area contributed by atoms with E-state index in [2.05, 4.69) is 4.98 Å². The number of hydrogen-bond acceptors (Lipinski definition) is 5. The van der Waals surface area contributed by atoms with E-state index in [1.54, 1.807) is 18.3 Å². The number of nitrogens with two attached hydrogens (primary N) is 2. The van der Waals surface area contributed by atoms with Gasteiger partial charge in [-0.05, 0) is 17.7 Å². The monoisotopic (exact) mass is 255 g/mol. The maximum Gasteiger partial charge on any atom is 0.238 e. The van der Waals surface area contributed by atoms with E-state index in [-0.39, 0.29) is 4.90 Å². The summed E-state index contributed by atoms with van der Waals surface area (Å²) in [4.78, 5) is 4.79. The molecule has 0 saturated carbocycles. The van der Waals surface area contributed by atoms with Crippen molar-refractivity contribution in [1.82, 2.24) is 4.98 Å². The molecule has 1 heterocycles. The van der Waals surface area contributed by atoms with Crippen molar-refractivity contribution in [1.29, 1.82) is 0 Å². The first-order valence-electron chi connectivity index (χ1n) is 4.31. The highest BCUT2D eigenvalue weighted by atomic mass is 32.2. The van der Waals surface area contributed by atoms with Crippen molar-refractivity contribution in [2.45, 2.75) is 4.90 Å². The fourth-order valence-corrected chi connectivity index (χ4v) is 2.49. The van der Waals surface area contributed by atoms with Gasteiger partial charge in [0.05, 0.1) is 9.77 Å². The third kappa shape index (κ3) is 2.21. The molecule has 0 fully saturated rings. The fraction of sp³-hybridized carbons (Fsp3) is 0. The van der Waals surface area contributed by atoms with Crippen molar-refractivity contribution in [3.63, 3.8) is 0 Å². The number of anilines is 1. The lowest BCUT2D eigenvalue weighted by Gasteiger charge is -2.00. The SMILES string of the molecule is Nc1ncc(-c2cccc(S(N)(=O)=O)c2)s1. The van der Waals surface area contributed by atoms with Crippen LogP contribution in [0.2, 0.25) is 0 Å². The summed E-state index contributed by atoms with van der Waals surface area (Å²) in [7, 11) is -3.67. The van der Waals surface area contributed by atoms with Gasteiger partial charge in [0, 0.05) is 6.20 Å². The van der Waals surface area contributed by atoms with Crippen LogP contribution in [0.3, 0.4) is 0 Å². The third-order valence-corrected chi connectivity index (χ3v) is 3.76. The quantitative estimate of drug-likeness (QED) is 0.837. The standard InChI is InChI=1S/C9H9N3O2S2/c10-9-12-5-8(15-9)6-2-1-3-7(4-6)16(11,13)14/h1-5H,(H2,10,12)(H2,11,13,14).